The van der Waals surface area contributed by atoms with Crippen molar-refractivity contribution in [3.05, 3.63) is 88.9 Å². The van der Waals surface area contributed by atoms with Crippen LogP contribution in [0.3, 0.4) is 0 Å². The quantitative estimate of drug-likeness (QED) is 0.453. The molecule has 0 aliphatic carbocycles. The average molecular weight is 487 g/mol. The topological polar surface area (TPSA) is 92.8 Å². The first-order valence-electron chi connectivity index (χ1n) is 10.1. The summed E-state index contributed by atoms with van der Waals surface area (Å²) in [6.07, 6.45) is 1.01. The molecule has 0 radical (unpaired) electrons. The van der Waals surface area contributed by atoms with Crippen LogP contribution in [0.5, 0.6) is 5.75 Å². The van der Waals surface area contributed by atoms with Crippen molar-refractivity contribution in [3.63, 3.8) is 0 Å². The number of carbonyl (C=O) groups excluding carboxylic acids is 2. The van der Waals surface area contributed by atoms with Crippen LogP contribution in [0.4, 0.5) is 11.4 Å². The minimum atomic E-state index is -3.78. The van der Waals surface area contributed by atoms with Crippen LogP contribution in [-0.2, 0) is 14.8 Å². The summed E-state index contributed by atoms with van der Waals surface area (Å²) in [5.74, 6) is -0.457. The molecule has 172 valence electrons. The third-order valence-corrected chi connectivity index (χ3v) is 6.02. The van der Waals surface area contributed by atoms with Gasteiger partial charge in [-0.25, -0.2) is 8.42 Å². The van der Waals surface area contributed by atoms with Gasteiger partial charge >= 0.3 is 0 Å². The van der Waals surface area contributed by atoms with Gasteiger partial charge in [0.05, 0.1) is 24.2 Å². The van der Waals surface area contributed by atoms with Crippen LogP contribution in [-0.4, -0.2) is 39.5 Å². The van der Waals surface area contributed by atoms with Crippen molar-refractivity contribution in [3.8, 4) is 5.75 Å². The highest BCUT2D eigenvalue weighted by Crippen LogP contribution is 2.26. The Kier molecular flexibility index (Phi) is 7.73. The average Bonchev–Trinajstić information content (AvgIpc) is 2.78. The Labute approximate surface area is 198 Å². The number of hydrogen-bond donors (Lipinski definition) is 1. The lowest BCUT2D eigenvalue weighted by Crippen LogP contribution is -2.37. The second-order valence-corrected chi connectivity index (χ2v) is 9.48. The Morgan fingerprint density at radius 1 is 1.00 bits per heavy atom. The van der Waals surface area contributed by atoms with Crippen molar-refractivity contribution in [1.82, 2.24) is 0 Å². The third-order valence-electron chi connectivity index (χ3n) is 4.64. The lowest BCUT2D eigenvalue weighted by Gasteiger charge is -2.22. The molecule has 0 saturated heterocycles. The van der Waals surface area contributed by atoms with Gasteiger partial charge in [-0.1, -0.05) is 48.0 Å². The first kappa shape index (κ1) is 24.3. The number of halogens is 1. The van der Waals surface area contributed by atoms with E-state index in [-0.39, 0.29) is 22.7 Å². The summed E-state index contributed by atoms with van der Waals surface area (Å²) >= 11 is 6.09. The number of nitrogens with zero attached hydrogens (tertiary/aromatic N) is 1. The molecule has 1 N–H and O–H groups in total. The molecule has 0 fully saturated rings. The molecule has 1 amide bonds. The molecule has 0 aliphatic heterocycles. The summed E-state index contributed by atoms with van der Waals surface area (Å²) in [6, 6.07) is 19.5. The number of benzene rings is 3. The van der Waals surface area contributed by atoms with Crippen molar-refractivity contribution in [2.45, 2.75) is 6.92 Å². The predicted octanol–water partition coefficient (Wildman–Crippen LogP) is 4.37. The Bertz CT molecular complexity index is 1260. The fraction of sp³-hybridized carbons (Fsp3) is 0.167. The largest absolute Gasteiger partial charge is 0.494 e. The fourth-order valence-corrected chi connectivity index (χ4v) is 4.19. The van der Waals surface area contributed by atoms with Crippen molar-refractivity contribution in [1.29, 1.82) is 0 Å². The molecule has 7 nitrogen and oxygen atoms in total. The molecule has 3 rings (SSSR count). The van der Waals surface area contributed by atoms with Crippen LogP contribution in [0.15, 0.2) is 72.8 Å². The standard InChI is InChI=1S/C24H23ClN2O5S/c1-3-32-20-11-7-10-19(15-20)27(33(2,30)31)16-23(28)26-22-13-12-18(25)14-21(22)24(29)17-8-5-4-6-9-17/h4-15H,3,16H2,1-2H3,(H,26,28). The van der Waals surface area contributed by atoms with E-state index in [1.54, 1.807) is 60.7 Å². The summed E-state index contributed by atoms with van der Waals surface area (Å²) in [6.45, 7) is 1.74. The molecule has 0 unspecified atom stereocenters. The third kappa shape index (κ3) is 6.34. The lowest BCUT2D eigenvalue weighted by atomic mass is 10.0. The summed E-state index contributed by atoms with van der Waals surface area (Å²) < 4.78 is 31.3. The maximum absolute atomic E-state index is 13.0. The molecule has 0 bridgehead atoms. The normalized spacial score (nSPS) is 11.0. The molecule has 0 heterocycles. The molecule has 0 spiro atoms. The molecular weight excluding hydrogens is 464 g/mol. The monoisotopic (exact) mass is 486 g/mol. The van der Waals surface area contributed by atoms with Crippen molar-refractivity contribution >= 4 is 44.7 Å². The molecule has 0 atom stereocenters. The number of carbonyl (C=O) groups is 2. The van der Waals surface area contributed by atoms with E-state index in [0.29, 0.717) is 22.9 Å². The maximum atomic E-state index is 13.0. The summed E-state index contributed by atoms with van der Waals surface area (Å²) in [7, 11) is -3.78. The second kappa shape index (κ2) is 10.5. The SMILES string of the molecule is CCOc1cccc(N(CC(=O)Nc2ccc(Cl)cc2C(=O)c2ccccc2)S(C)(=O)=O)c1. The Balaban J connectivity index is 1.87. The molecular formula is C24H23ClN2O5S. The van der Waals surface area contributed by atoms with Crippen LogP contribution in [0.2, 0.25) is 5.02 Å². The smallest absolute Gasteiger partial charge is 0.245 e. The van der Waals surface area contributed by atoms with Crippen molar-refractivity contribution in [2.75, 3.05) is 29.0 Å². The van der Waals surface area contributed by atoms with Crippen molar-refractivity contribution < 1.29 is 22.7 Å². The van der Waals surface area contributed by atoms with Crippen LogP contribution in [0.25, 0.3) is 0 Å². The van der Waals surface area contributed by atoms with Gasteiger partial charge in [0.1, 0.15) is 12.3 Å². The van der Waals surface area contributed by atoms with E-state index in [1.807, 2.05) is 6.92 Å². The van der Waals surface area contributed by atoms with E-state index in [4.69, 9.17) is 16.3 Å². The van der Waals surface area contributed by atoms with Gasteiger partial charge in [-0.2, -0.15) is 0 Å². The number of rotatable bonds is 9. The fourth-order valence-electron chi connectivity index (χ4n) is 3.17. The Hall–Kier alpha value is -3.36. The first-order chi connectivity index (χ1) is 15.7. The molecule has 33 heavy (non-hydrogen) atoms. The minimum Gasteiger partial charge on any atom is -0.494 e. The summed E-state index contributed by atoms with van der Waals surface area (Å²) in [5.41, 5.74) is 1.15. The van der Waals surface area contributed by atoms with Gasteiger partial charge in [0.2, 0.25) is 15.9 Å². The van der Waals surface area contributed by atoms with Crippen LogP contribution >= 0.6 is 11.6 Å². The Morgan fingerprint density at radius 3 is 2.39 bits per heavy atom. The molecule has 9 heteroatoms. The number of sulfonamides is 1. The van der Waals surface area contributed by atoms with Gasteiger partial charge in [0.15, 0.2) is 5.78 Å². The van der Waals surface area contributed by atoms with Gasteiger partial charge in [-0.15, -0.1) is 0 Å². The zero-order valence-electron chi connectivity index (χ0n) is 18.1. The molecule has 0 aliphatic rings. The van der Waals surface area contributed by atoms with Gasteiger partial charge < -0.3 is 10.1 Å². The number of ether oxygens (including phenoxy) is 1. The molecule has 0 saturated carbocycles. The number of amides is 1. The van der Waals surface area contributed by atoms with E-state index in [9.17, 15) is 18.0 Å². The number of ketones is 1. The van der Waals surface area contributed by atoms with Crippen molar-refractivity contribution in [2.24, 2.45) is 0 Å². The summed E-state index contributed by atoms with van der Waals surface area (Å²) in [4.78, 5) is 25.8. The van der Waals surface area contributed by atoms with Gasteiger partial charge in [-0.05, 0) is 37.3 Å². The Morgan fingerprint density at radius 2 is 1.73 bits per heavy atom. The second-order valence-electron chi connectivity index (χ2n) is 7.13. The van der Waals surface area contributed by atoms with E-state index >= 15 is 0 Å². The number of nitrogens with one attached hydrogen (secondary N) is 1. The van der Waals surface area contributed by atoms with Gasteiger partial charge in [-0.3, -0.25) is 13.9 Å². The molecule has 0 aromatic heterocycles. The highest BCUT2D eigenvalue weighted by Gasteiger charge is 2.23. The lowest BCUT2D eigenvalue weighted by molar-refractivity contribution is -0.114. The zero-order chi connectivity index (χ0) is 24.0. The van der Waals surface area contributed by atoms with Gasteiger partial charge in [0.25, 0.3) is 0 Å². The van der Waals surface area contributed by atoms with Gasteiger partial charge in [0, 0.05) is 22.2 Å². The number of hydrogen-bond acceptors (Lipinski definition) is 5. The number of anilines is 2. The van der Waals surface area contributed by atoms with Crippen LogP contribution < -0.4 is 14.4 Å². The first-order valence-corrected chi connectivity index (χ1v) is 12.3. The maximum Gasteiger partial charge on any atom is 0.245 e. The van der Waals surface area contributed by atoms with Crippen LogP contribution in [0.1, 0.15) is 22.8 Å². The minimum absolute atomic E-state index is 0.200. The molecule has 3 aromatic rings. The van der Waals surface area contributed by atoms with Crippen LogP contribution in [0, 0.1) is 0 Å². The predicted molar refractivity (Wildman–Crippen MR) is 130 cm³/mol. The highest BCUT2D eigenvalue weighted by molar-refractivity contribution is 7.92. The zero-order valence-corrected chi connectivity index (χ0v) is 19.7. The van der Waals surface area contributed by atoms with E-state index in [1.165, 1.54) is 12.1 Å². The summed E-state index contributed by atoms with van der Waals surface area (Å²) in [5, 5.41) is 2.98. The van der Waals surface area contributed by atoms with E-state index in [0.717, 1.165) is 10.6 Å². The van der Waals surface area contributed by atoms with E-state index in [2.05, 4.69) is 5.32 Å². The molecule has 3 aromatic carbocycles. The van der Waals surface area contributed by atoms with E-state index < -0.39 is 22.5 Å². The highest BCUT2D eigenvalue weighted by atomic mass is 35.5.